The average molecular weight is 245 g/mol. The molecule has 0 aliphatic heterocycles. The molecule has 0 amide bonds. The van der Waals surface area contributed by atoms with Crippen molar-refractivity contribution in [2.75, 3.05) is 6.54 Å². The molecule has 0 aromatic carbocycles. The molecule has 0 saturated carbocycles. The maximum absolute atomic E-state index is 11.2. The van der Waals surface area contributed by atoms with E-state index in [-0.39, 0.29) is 18.5 Å². The van der Waals surface area contributed by atoms with Crippen LogP contribution in [0.1, 0.15) is 34.6 Å². The highest BCUT2D eigenvalue weighted by atomic mass is 16.4. The first-order valence-electron chi connectivity index (χ1n) is 5.89. The molecule has 17 heavy (non-hydrogen) atoms. The Hall–Kier alpha value is -1.10. The van der Waals surface area contributed by atoms with E-state index in [0.717, 1.165) is 0 Å². The molecule has 0 aliphatic carbocycles. The Balaban J connectivity index is 4.94. The lowest BCUT2D eigenvalue weighted by Crippen LogP contribution is -2.50. The summed E-state index contributed by atoms with van der Waals surface area (Å²) in [7, 11) is 0. The number of carbonyl (C=O) groups is 2. The van der Waals surface area contributed by atoms with E-state index in [1.54, 1.807) is 11.8 Å². The number of nitrogens with zero attached hydrogens (tertiary/aromatic N) is 1. The van der Waals surface area contributed by atoms with Gasteiger partial charge in [0, 0.05) is 12.6 Å². The van der Waals surface area contributed by atoms with E-state index in [4.69, 9.17) is 5.11 Å². The van der Waals surface area contributed by atoms with Gasteiger partial charge in [0.05, 0.1) is 5.92 Å². The van der Waals surface area contributed by atoms with Crippen LogP contribution in [0.5, 0.6) is 0 Å². The number of hydrogen-bond donors (Lipinski definition) is 2. The SMILES string of the molecule is CC(CN(C(C)C)C(C(=O)O)C(C)C)C(=O)O. The lowest BCUT2D eigenvalue weighted by molar-refractivity contribution is -0.149. The minimum absolute atomic E-state index is 0.000278. The van der Waals surface area contributed by atoms with Crippen LogP contribution < -0.4 is 0 Å². The molecule has 2 unspecified atom stereocenters. The smallest absolute Gasteiger partial charge is 0.321 e. The highest BCUT2D eigenvalue weighted by Gasteiger charge is 2.32. The van der Waals surface area contributed by atoms with Crippen molar-refractivity contribution in [3.05, 3.63) is 0 Å². The second-order valence-corrected chi connectivity index (χ2v) is 5.06. The second kappa shape index (κ2) is 6.59. The molecule has 0 spiro atoms. The normalized spacial score (nSPS) is 15.3. The van der Waals surface area contributed by atoms with Crippen LogP contribution in [-0.2, 0) is 9.59 Å². The van der Waals surface area contributed by atoms with Gasteiger partial charge in [-0.3, -0.25) is 14.5 Å². The molecule has 0 aromatic rings. The number of carboxylic acid groups (broad SMARTS) is 2. The first-order valence-corrected chi connectivity index (χ1v) is 5.89. The van der Waals surface area contributed by atoms with Crippen LogP contribution in [0.2, 0.25) is 0 Å². The average Bonchev–Trinajstić information content (AvgIpc) is 2.14. The first kappa shape index (κ1) is 15.9. The topological polar surface area (TPSA) is 77.8 Å². The Kier molecular flexibility index (Phi) is 6.16. The van der Waals surface area contributed by atoms with Crippen molar-refractivity contribution < 1.29 is 19.8 Å². The first-order chi connectivity index (χ1) is 7.68. The highest BCUT2D eigenvalue weighted by molar-refractivity contribution is 5.74. The Morgan fingerprint density at radius 2 is 1.47 bits per heavy atom. The van der Waals surface area contributed by atoms with Gasteiger partial charge in [0.2, 0.25) is 0 Å². The summed E-state index contributed by atoms with van der Waals surface area (Å²) in [6.07, 6.45) is 0. The molecule has 100 valence electrons. The summed E-state index contributed by atoms with van der Waals surface area (Å²) in [6.45, 7) is 9.28. The van der Waals surface area contributed by atoms with Gasteiger partial charge in [0.25, 0.3) is 0 Å². The number of aliphatic carboxylic acids is 2. The van der Waals surface area contributed by atoms with Crippen molar-refractivity contribution in [2.45, 2.75) is 46.7 Å². The van der Waals surface area contributed by atoms with Gasteiger partial charge >= 0.3 is 11.9 Å². The van der Waals surface area contributed by atoms with Crippen LogP contribution in [0.4, 0.5) is 0 Å². The summed E-state index contributed by atoms with van der Waals surface area (Å²) in [4.78, 5) is 23.8. The van der Waals surface area contributed by atoms with Crippen LogP contribution in [-0.4, -0.2) is 45.7 Å². The Morgan fingerprint density at radius 3 is 1.71 bits per heavy atom. The van der Waals surface area contributed by atoms with Gasteiger partial charge in [-0.25, -0.2) is 0 Å². The fraction of sp³-hybridized carbons (Fsp3) is 0.833. The summed E-state index contributed by atoms with van der Waals surface area (Å²) in [5.41, 5.74) is 0. The molecule has 0 radical (unpaired) electrons. The van der Waals surface area contributed by atoms with E-state index in [1.165, 1.54) is 0 Å². The molecule has 5 nitrogen and oxygen atoms in total. The number of carboxylic acids is 2. The zero-order valence-corrected chi connectivity index (χ0v) is 11.2. The van der Waals surface area contributed by atoms with E-state index >= 15 is 0 Å². The largest absolute Gasteiger partial charge is 0.481 e. The predicted octanol–water partition coefficient (Wildman–Crippen LogP) is 1.53. The van der Waals surface area contributed by atoms with Crippen molar-refractivity contribution in [2.24, 2.45) is 11.8 Å². The van der Waals surface area contributed by atoms with Crippen molar-refractivity contribution in [1.29, 1.82) is 0 Å². The third-order valence-electron chi connectivity index (χ3n) is 2.81. The molecular weight excluding hydrogens is 222 g/mol. The standard InChI is InChI=1S/C12H23NO4/c1-7(2)10(12(16)17)13(8(3)4)6-9(5)11(14)15/h7-10H,6H2,1-5H3,(H,14,15)(H,16,17). The maximum Gasteiger partial charge on any atom is 0.321 e. The van der Waals surface area contributed by atoms with Gasteiger partial charge in [-0.05, 0) is 19.8 Å². The highest BCUT2D eigenvalue weighted by Crippen LogP contribution is 2.17. The van der Waals surface area contributed by atoms with Gasteiger partial charge in [-0.15, -0.1) is 0 Å². The molecule has 0 bridgehead atoms. The zero-order chi connectivity index (χ0) is 13.7. The number of hydrogen-bond acceptors (Lipinski definition) is 3. The van der Waals surface area contributed by atoms with E-state index in [2.05, 4.69) is 0 Å². The molecule has 5 heteroatoms. The third kappa shape index (κ3) is 4.73. The fourth-order valence-electron chi connectivity index (χ4n) is 1.85. The molecule has 0 aromatic heterocycles. The monoisotopic (exact) mass is 245 g/mol. The van der Waals surface area contributed by atoms with Crippen LogP contribution in [0.15, 0.2) is 0 Å². The van der Waals surface area contributed by atoms with E-state index in [9.17, 15) is 14.7 Å². The molecule has 0 rings (SSSR count). The van der Waals surface area contributed by atoms with Crippen LogP contribution in [0.25, 0.3) is 0 Å². The Bertz CT molecular complexity index is 276. The second-order valence-electron chi connectivity index (χ2n) is 5.06. The summed E-state index contributed by atoms with van der Waals surface area (Å²) in [6, 6.07) is -0.642. The summed E-state index contributed by atoms with van der Waals surface area (Å²) in [5, 5.41) is 18.1. The fourth-order valence-corrected chi connectivity index (χ4v) is 1.85. The molecule has 2 N–H and O–H groups in total. The van der Waals surface area contributed by atoms with E-state index < -0.39 is 23.9 Å². The van der Waals surface area contributed by atoms with Gasteiger partial charge in [-0.2, -0.15) is 0 Å². The molecule has 0 saturated heterocycles. The molecule has 0 heterocycles. The van der Waals surface area contributed by atoms with Gasteiger partial charge in [0.15, 0.2) is 0 Å². The van der Waals surface area contributed by atoms with Gasteiger partial charge < -0.3 is 10.2 Å². The summed E-state index contributed by atoms with van der Waals surface area (Å²) in [5.74, 6) is -2.43. The minimum Gasteiger partial charge on any atom is -0.481 e. The minimum atomic E-state index is -0.899. The molecular formula is C12H23NO4. The zero-order valence-electron chi connectivity index (χ0n) is 11.2. The van der Waals surface area contributed by atoms with Crippen LogP contribution in [0.3, 0.4) is 0 Å². The Morgan fingerprint density at radius 1 is 1.00 bits per heavy atom. The van der Waals surface area contributed by atoms with Crippen LogP contribution >= 0.6 is 0 Å². The van der Waals surface area contributed by atoms with Crippen molar-refractivity contribution in [3.8, 4) is 0 Å². The quantitative estimate of drug-likeness (QED) is 0.711. The van der Waals surface area contributed by atoms with Crippen molar-refractivity contribution in [1.82, 2.24) is 4.90 Å². The van der Waals surface area contributed by atoms with E-state index in [1.807, 2.05) is 27.7 Å². The predicted molar refractivity (Wildman–Crippen MR) is 64.9 cm³/mol. The van der Waals surface area contributed by atoms with Gasteiger partial charge in [-0.1, -0.05) is 20.8 Å². The molecule has 2 atom stereocenters. The maximum atomic E-state index is 11.2. The number of rotatable bonds is 7. The third-order valence-corrected chi connectivity index (χ3v) is 2.81. The Labute approximate surface area is 102 Å². The summed E-state index contributed by atoms with van der Waals surface area (Å²) >= 11 is 0. The van der Waals surface area contributed by atoms with Crippen molar-refractivity contribution in [3.63, 3.8) is 0 Å². The summed E-state index contributed by atoms with van der Waals surface area (Å²) < 4.78 is 0. The molecule has 0 fully saturated rings. The lowest BCUT2D eigenvalue weighted by atomic mass is 9.99. The molecule has 0 aliphatic rings. The van der Waals surface area contributed by atoms with E-state index in [0.29, 0.717) is 0 Å². The van der Waals surface area contributed by atoms with Crippen LogP contribution in [0, 0.1) is 11.8 Å². The lowest BCUT2D eigenvalue weighted by Gasteiger charge is -2.35. The van der Waals surface area contributed by atoms with Gasteiger partial charge in [0.1, 0.15) is 6.04 Å². The van der Waals surface area contributed by atoms with Crippen molar-refractivity contribution >= 4 is 11.9 Å².